The first kappa shape index (κ1) is 18.2. The van der Waals surface area contributed by atoms with Gasteiger partial charge in [-0.1, -0.05) is 0 Å². The normalized spacial score (nSPS) is 10.9. The Bertz CT molecular complexity index is 910. The molecular formula is C20H22N2O3S. The highest BCUT2D eigenvalue weighted by atomic mass is 32.1. The van der Waals surface area contributed by atoms with Crippen molar-refractivity contribution in [1.29, 1.82) is 0 Å². The maximum Gasteiger partial charge on any atom is 0.305 e. The van der Waals surface area contributed by atoms with Crippen LogP contribution in [0.3, 0.4) is 0 Å². The summed E-state index contributed by atoms with van der Waals surface area (Å²) in [7, 11) is 1.42. The number of benzene rings is 1. The second-order valence-electron chi connectivity index (χ2n) is 6.20. The molecule has 136 valence electrons. The standard InChI is InChI=1S/C20H22N2O3S/c1-13-11-17(14(2)22(13)10-4-5-19(24)25-3)18-12-26-20(21-18)15-6-8-16(23)9-7-15/h6-9,11-12,23H,4-5,10H2,1-3H3. The van der Waals surface area contributed by atoms with E-state index in [1.807, 2.05) is 12.1 Å². The molecule has 2 aromatic heterocycles. The predicted octanol–water partition coefficient (Wildman–Crippen LogP) is 4.55. The fourth-order valence-corrected chi connectivity index (χ4v) is 3.85. The van der Waals surface area contributed by atoms with Gasteiger partial charge in [0.05, 0.1) is 12.8 Å². The molecule has 0 aliphatic heterocycles. The van der Waals surface area contributed by atoms with E-state index in [-0.39, 0.29) is 11.7 Å². The molecule has 1 N–H and O–H groups in total. The molecule has 0 radical (unpaired) electrons. The third-order valence-corrected chi connectivity index (χ3v) is 5.35. The van der Waals surface area contributed by atoms with Gasteiger partial charge in [-0.25, -0.2) is 4.98 Å². The van der Waals surface area contributed by atoms with Crippen LogP contribution in [0.5, 0.6) is 5.75 Å². The summed E-state index contributed by atoms with van der Waals surface area (Å²) in [5, 5.41) is 12.4. The van der Waals surface area contributed by atoms with Crippen LogP contribution in [0.15, 0.2) is 35.7 Å². The van der Waals surface area contributed by atoms with Crippen LogP contribution >= 0.6 is 11.3 Å². The summed E-state index contributed by atoms with van der Waals surface area (Å²) in [5.41, 5.74) is 5.36. The quantitative estimate of drug-likeness (QED) is 0.646. The van der Waals surface area contributed by atoms with E-state index in [1.54, 1.807) is 23.5 Å². The lowest BCUT2D eigenvalue weighted by molar-refractivity contribution is -0.140. The molecule has 3 rings (SSSR count). The van der Waals surface area contributed by atoms with Crippen molar-refractivity contribution in [3.8, 4) is 27.6 Å². The molecule has 3 aromatic rings. The van der Waals surface area contributed by atoms with E-state index in [0.717, 1.165) is 46.2 Å². The molecule has 26 heavy (non-hydrogen) atoms. The molecule has 0 amide bonds. The van der Waals surface area contributed by atoms with Crippen LogP contribution in [0.4, 0.5) is 0 Å². The van der Waals surface area contributed by atoms with Gasteiger partial charge in [0.1, 0.15) is 10.8 Å². The van der Waals surface area contributed by atoms with Crippen LogP contribution < -0.4 is 0 Å². The number of aromatic nitrogens is 2. The van der Waals surface area contributed by atoms with Gasteiger partial charge in [0.2, 0.25) is 0 Å². The van der Waals surface area contributed by atoms with Gasteiger partial charge in [0, 0.05) is 40.9 Å². The Hall–Kier alpha value is -2.60. The van der Waals surface area contributed by atoms with Gasteiger partial charge < -0.3 is 14.4 Å². The largest absolute Gasteiger partial charge is 0.508 e. The zero-order valence-corrected chi connectivity index (χ0v) is 16.0. The number of hydrogen-bond donors (Lipinski definition) is 1. The molecule has 0 saturated heterocycles. The van der Waals surface area contributed by atoms with Crippen LogP contribution in [-0.4, -0.2) is 27.7 Å². The number of phenols is 1. The fraction of sp³-hybridized carbons (Fsp3) is 0.300. The van der Waals surface area contributed by atoms with Gasteiger partial charge >= 0.3 is 5.97 Å². The van der Waals surface area contributed by atoms with Crippen molar-refractivity contribution >= 4 is 17.3 Å². The van der Waals surface area contributed by atoms with Gasteiger partial charge in [0.25, 0.3) is 0 Å². The lowest BCUT2D eigenvalue weighted by Crippen LogP contribution is -2.06. The van der Waals surface area contributed by atoms with Gasteiger partial charge in [-0.15, -0.1) is 11.3 Å². The second kappa shape index (κ2) is 7.74. The molecule has 0 fully saturated rings. The number of esters is 1. The average molecular weight is 370 g/mol. The van der Waals surface area contributed by atoms with E-state index < -0.39 is 0 Å². The molecule has 0 bridgehead atoms. The first-order valence-corrected chi connectivity index (χ1v) is 9.36. The molecule has 2 heterocycles. The number of ether oxygens (including phenoxy) is 1. The smallest absolute Gasteiger partial charge is 0.305 e. The molecular weight excluding hydrogens is 348 g/mol. The van der Waals surface area contributed by atoms with E-state index in [9.17, 15) is 9.90 Å². The zero-order chi connectivity index (χ0) is 18.7. The Kier molecular flexibility index (Phi) is 5.42. The number of aryl methyl sites for hydroxylation is 1. The highest BCUT2D eigenvalue weighted by Crippen LogP contribution is 2.32. The van der Waals surface area contributed by atoms with Gasteiger partial charge in [-0.3, -0.25) is 4.79 Å². The first-order chi connectivity index (χ1) is 12.5. The number of rotatable bonds is 6. The van der Waals surface area contributed by atoms with E-state index in [2.05, 4.69) is 29.9 Å². The number of phenolic OH excluding ortho intramolecular Hbond substituents is 1. The van der Waals surface area contributed by atoms with Crippen molar-refractivity contribution in [2.75, 3.05) is 7.11 Å². The Balaban J connectivity index is 1.81. The summed E-state index contributed by atoms with van der Waals surface area (Å²) in [6.07, 6.45) is 1.17. The monoisotopic (exact) mass is 370 g/mol. The van der Waals surface area contributed by atoms with Gasteiger partial charge in [0.15, 0.2) is 0 Å². The number of nitrogens with zero attached hydrogens (tertiary/aromatic N) is 2. The van der Waals surface area contributed by atoms with Crippen molar-refractivity contribution in [1.82, 2.24) is 9.55 Å². The Morgan fingerprint density at radius 3 is 2.69 bits per heavy atom. The number of carbonyl (C=O) groups is 1. The van der Waals surface area contributed by atoms with Crippen LogP contribution in [0, 0.1) is 13.8 Å². The number of carbonyl (C=O) groups excluding carboxylic acids is 1. The maximum absolute atomic E-state index is 11.3. The Labute approximate surface area is 156 Å². The predicted molar refractivity (Wildman–Crippen MR) is 103 cm³/mol. The van der Waals surface area contributed by atoms with Crippen molar-refractivity contribution < 1.29 is 14.6 Å². The van der Waals surface area contributed by atoms with Crippen molar-refractivity contribution in [3.63, 3.8) is 0 Å². The number of methoxy groups -OCH3 is 1. The lowest BCUT2D eigenvalue weighted by Gasteiger charge is -2.09. The average Bonchev–Trinajstić information content (AvgIpc) is 3.22. The summed E-state index contributed by atoms with van der Waals surface area (Å²) in [5.74, 6) is 0.0757. The Morgan fingerprint density at radius 1 is 1.27 bits per heavy atom. The minimum absolute atomic E-state index is 0.175. The van der Waals surface area contributed by atoms with Gasteiger partial charge in [-0.05, 0) is 50.6 Å². The molecule has 5 nitrogen and oxygen atoms in total. The van der Waals surface area contributed by atoms with E-state index in [4.69, 9.17) is 9.72 Å². The molecule has 0 aliphatic carbocycles. The van der Waals surface area contributed by atoms with Crippen LogP contribution in [-0.2, 0) is 16.1 Å². The topological polar surface area (TPSA) is 64.3 Å². The van der Waals surface area contributed by atoms with Crippen LogP contribution in [0.1, 0.15) is 24.2 Å². The highest BCUT2D eigenvalue weighted by Gasteiger charge is 2.14. The molecule has 1 aromatic carbocycles. The zero-order valence-electron chi connectivity index (χ0n) is 15.2. The minimum Gasteiger partial charge on any atom is -0.508 e. The van der Waals surface area contributed by atoms with Gasteiger partial charge in [-0.2, -0.15) is 0 Å². The first-order valence-electron chi connectivity index (χ1n) is 8.48. The van der Waals surface area contributed by atoms with E-state index >= 15 is 0 Å². The molecule has 0 aliphatic rings. The third-order valence-electron chi connectivity index (χ3n) is 4.46. The molecule has 6 heteroatoms. The molecule has 0 atom stereocenters. The Morgan fingerprint density at radius 2 is 2.00 bits per heavy atom. The summed E-state index contributed by atoms with van der Waals surface area (Å²) in [6, 6.07) is 9.22. The van der Waals surface area contributed by atoms with Crippen molar-refractivity contribution in [3.05, 3.63) is 47.1 Å². The minimum atomic E-state index is -0.175. The van der Waals surface area contributed by atoms with Crippen molar-refractivity contribution in [2.24, 2.45) is 0 Å². The lowest BCUT2D eigenvalue weighted by atomic mass is 10.2. The number of thiazole rings is 1. The summed E-state index contributed by atoms with van der Waals surface area (Å²) in [6.45, 7) is 4.93. The highest BCUT2D eigenvalue weighted by molar-refractivity contribution is 7.13. The molecule has 0 saturated carbocycles. The van der Waals surface area contributed by atoms with Crippen molar-refractivity contribution in [2.45, 2.75) is 33.2 Å². The summed E-state index contributed by atoms with van der Waals surface area (Å²) < 4.78 is 6.92. The summed E-state index contributed by atoms with van der Waals surface area (Å²) >= 11 is 1.59. The SMILES string of the molecule is COC(=O)CCCn1c(C)cc(-c2csc(-c3ccc(O)cc3)n2)c1C. The number of hydrogen-bond acceptors (Lipinski definition) is 5. The van der Waals surface area contributed by atoms with Crippen LogP contribution in [0.2, 0.25) is 0 Å². The second-order valence-corrected chi connectivity index (χ2v) is 7.06. The maximum atomic E-state index is 11.3. The fourth-order valence-electron chi connectivity index (χ4n) is 3.02. The third kappa shape index (κ3) is 3.80. The number of aromatic hydroxyl groups is 1. The summed E-state index contributed by atoms with van der Waals surface area (Å²) in [4.78, 5) is 16.1. The molecule has 0 unspecified atom stereocenters. The van der Waals surface area contributed by atoms with E-state index in [1.165, 1.54) is 7.11 Å². The molecule has 0 spiro atoms. The van der Waals surface area contributed by atoms with Crippen LogP contribution in [0.25, 0.3) is 21.8 Å². The van der Waals surface area contributed by atoms with E-state index in [0.29, 0.717) is 6.42 Å².